The van der Waals surface area contributed by atoms with E-state index < -0.39 is 17.7 Å². The summed E-state index contributed by atoms with van der Waals surface area (Å²) in [5.74, 6) is -0.507. The Hall–Kier alpha value is -3.59. The van der Waals surface area contributed by atoms with E-state index in [0.29, 0.717) is 41.3 Å². The van der Waals surface area contributed by atoms with Crippen LogP contribution in [0.2, 0.25) is 0 Å². The van der Waals surface area contributed by atoms with Gasteiger partial charge in [-0.05, 0) is 56.9 Å². The summed E-state index contributed by atoms with van der Waals surface area (Å²) in [6.45, 7) is 1.06. The number of rotatable bonds is 9. The van der Waals surface area contributed by atoms with Crippen molar-refractivity contribution < 1.29 is 28.9 Å². The van der Waals surface area contributed by atoms with Gasteiger partial charge in [-0.15, -0.1) is 0 Å². The number of aliphatic hydroxyl groups is 1. The van der Waals surface area contributed by atoms with E-state index in [1.54, 1.807) is 24.3 Å². The second kappa shape index (κ2) is 10.4. The van der Waals surface area contributed by atoms with Gasteiger partial charge in [0.1, 0.15) is 5.76 Å². The first kappa shape index (κ1) is 24.1. The Morgan fingerprint density at radius 1 is 1.06 bits per heavy atom. The fourth-order valence-corrected chi connectivity index (χ4v) is 3.94. The van der Waals surface area contributed by atoms with Gasteiger partial charge in [0.2, 0.25) is 5.75 Å². The van der Waals surface area contributed by atoms with E-state index in [1.807, 2.05) is 19.0 Å². The minimum atomic E-state index is -0.825. The molecule has 1 atom stereocenters. The lowest BCUT2D eigenvalue weighted by molar-refractivity contribution is -0.139. The van der Waals surface area contributed by atoms with Crippen molar-refractivity contribution in [2.75, 3.05) is 48.5 Å². The summed E-state index contributed by atoms with van der Waals surface area (Å²) >= 11 is 0. The van der Waals surface area contributed by atoms with E-state index >= 15 is 0 Å². The maximum Gasteiger partial charge on any atom is 0.295 e. The van der Waals surface area contributed by atoms with E-state index in [2.05, 4.69) is 4.98 Å². The van der Waals surface area contributed by atoms with E-state index in [0.717, 1.165) is 6.54 Å². The number of carbonyl (C=O) groups excluding carboxylic acids is 2. The third-order valence-corrected chi connectivity index (χ3v) is 5.50. The number of pyridine rings is 1. The molecule has 176 valence electrons. The molecule has 1 amide bonds. The summed E-state index contributed by atoms with van der Waals surface area (Å²) in [5, 5.41) is 11.1. The molecule has 9 heteroatoms. The van der Waals surface area contributed by atoms with Crippen LogP contribution in [0.15, 0.2) is 42.2 Å². The molecular weight excluding hydrogens is 426 g/mol. The highest BCUT2D eigenvalue weighted by Crippen LogP contribution is 2.45. The molecule has 1 aliphatic heterocycles. The molecule has 9 nitrogen and oxygen atoms in total. The molecule has 33 heavy (non-hydrogen) atoms. The highest BCUT2D eigenvalue weighted by atomic mass is 16.5. The van der Waals surface area contributed by atoms with Crippen LogP contribution in [0, 0.1) is 0 Å². The first-order chi connectivity index (χ1) is 15.8. The highest BCUT2D eigenvalue weighted by molar-refractivity contribution is 6.46. The van der Waals surface area contributed by atoms with Crippen LogP contribution in [0.4, 0.5) is 0 Å². The predicted molar refractivity (Wildman–Crippen MR) is 123 cm³/mol. The summed E-state index contributed by atoms with van der Waals surface area (Å²) in [6, 6.07) is 5.73. The Labute approximate surface area is 193 Å². The summed E-state index contributed by atoms with van der Waals surface area (Å²) in [7, 11) is 8.36. The maximum absolute atomic E-state index is 13.1. The van der Waals surface area contributed by atoms with Gasteiger partial charge in [-0.1, -0.05) is 0 Å². The first-order valence-corrected chi connectivity index (χ1v) is 10.5. The quantitative estimate of drug-likeness (QED) is 0.350. The Bertz CT molecular complexity index is 1030. The lowest BCUT2D eigenvalue weighted by atomic mass is 9.95. The summed E-state index contributed by atoms with van der Waals surface area (Å²) in [5.41, 5.74) is 0.961. The molecule has 1 aromatic heterocycles. The second-order valence-electron chi connectivity index (χ2n) is 7.84. The lowest BCUT2D eigenvalue weighted by Crippen LogP contribution is -2.32. The molecule has 2 aromatic rings. The van der Waals surface area contributed by atoms with Crippen LogP contribution in [0.5, 0.6) is 17.2 Å². The van der Waals surface area contributed by atoms with Crippen LogP contribution >= 0.6 is 0 Å². The number of hydrogen-bond donors (Lipinski definition) is 1. The first-order valence-electron chi connectivity index (χ1n) is 10.5. The van der Waals surface area contributed by atoms with Gasteiger partial charge in [-0.3, -0.25) is 14.6 Å². The molecule has 0 saturated carbocycles. The largest absolute Gasteiger partial charge is 0.507 e. The molecular formula is C24H29N3O6. The van der Waals surface area contributed by atoms with Crippen molar-refractivity contribution >= 4 is 17.4 Å². The smallest absolute Gasteiger partial charge is 0.295 e. The van der Waals surface area contributed by atoms with Crippen LogP contribution in [-0.2, 0) is 9.59 Å². The SMILES string of the molecule is COc1cc([C@@H]2/C(=C(\O)c3ccncc3)C(=O)C(=O)N2CCCN(C)C)cc(OC)c1OC. The zero-order valence-corrected chi connectivity index (χ0v) is 19.5. The average Bonchev–Trinajstić information content (AvgIpc) is 3.07. The number of aliphatic hydroxyl groups excluding tert-OH is 1. The molecule has 1 saturated heterocycles. The monoisotopic (exact) mass is 455 g/mol. The molecule has 0 bridgehead atoms. The van der Waals surface area contributed by atoms with Crippen molar-refractivity contribution in [2.24, 2.45) is 0 Å². The minimum Gasteiger partial charge on any atom is -0.507 e. The summed E-state index contributed by atoms with van der Waals surface area (Å²) < 4.78 is 16.4. The van der Waals surface area contributed by atoms with E-state index in [4.69, 9.17) is 14.2 Å². The number of ketones is 1. The fraction of sp³-hybridized carbons (Fsp3) is 0.375. The molecule has 2 heterocycles. The van der Waals surface area contributed by atoms with Gasteiger partial charge in [-0.25, -0.2) is 0 Å². The number of carbonyl (C=O) groups is 2. The number of benzene rings is 1. The molecule has 3 rings (SSSR count). The highest BCUT2D eigenvalue weighted by Gasteiger charge is 2.46. The van der Waals surface area contributed by atoms with E-state index in [1.165, 1.54) is 38.6 Å². The molecule has 0 aliphatic carbocycles. The van der Waals surface area contributed by atoms with Gasteiger partial charge < -0.3 is 29.1 Å². The summed E-state index contributed by atoms with van der Waals surface area (Å²) in [4.78, 5) is 33.6. The lowest BCUT2D eigenvalue weighted by Gasteiger charge is -2.27. The zero-order valence-electron chi connectivity index (χ0n) is 19.5. The number of hydrogen-bond acceptors (Lipinski definition) is 8. The number of methoxy groups -OCH3 is 3. The average molecular weight is 456 g/mol. The maximum atomic E-state index is 13.1. The van der Waals surface area contributed by atoms with Gasteiger partial charge >= 0.3 is 0 Å². The van der Waals surface area contributed by atoms with Crippen LogP contribution < -0.4 is 14.2 Å². The Balaban J connectivity index is 2.20. The number of Topliss-reactive ketones (excluding diaryl/α,β-unsaturated/α-hetero) is 1. The number of ether oxygens (including phenoxy) is 3. The molecule has 1 fully saturated rings. The topological polar surface area (TPSA) is 101 Å². The normalized spacial score (nSPS) is 17.5. The van der Waals surface area contributed by atoms with Crippen molar-refractivity contribution in [1.82, 2.24) is 14.8 Å². The van der Waals surface area contributed by atoms with Gasteiger partial charge in [0.25, 0.3) is 11.7 Å². The third kappa shape index (κ3) is 4.78. The third-order valence-electron chi connectivity index (χ3n) is 5.50. The van der Waals surface area contributed by atoms with Crippen molar-refractivity contribution in [1.29, 1.82) is 0 Å². The standard InChI is InChI=1S/C24H29N3O6/c1-26(2)11-6-12-27-20(16-13-17(31-3)23(33-5)18(14-16)32-4)19(22(29)24(27)30)21(28)15-7-9-25-10-8-15/h7-10,13-14,20,28H,6,11-12H2,1-5H3/b21-19+/t20-/m1/s1. The van der Waals surface area contributed by atoms with Crippen molar-refractivity contribution in [3.8, 4) is 17.2 Å². The van der Waals surface area contributed by atoms with Crippen LogP contribution in [0.3, 0.4) is 0 Å². The van der Waals surface area contributed by atoms with Crippen molar-refractivity contribution in [3.05, 3.63) is 53.4 Å². The van der Waals surface area contributed by atoms with Crippen molar-refractivity contribution in [3.63, 3.8) is 0 Å². The Morgan fingerprint density at radius 2 is 1.67 bits per heavy atom. The van der Waals surface area contributed by atoms with Gasteiger partial charge in [0.15, 0.2) is 11.5 Å². The van der Waals surface area contributed by atoms with Crippen molar-refractivity contribution in [2.45, 2.75) is 12.5 Å². The number of aromatic nitrogens is 1. The zero-order chi connectivity index (χ0) is 24.1. The predicted octanol–water partition coefficient (Wildman–Crippen LogP) is 2.48. The summed E-state index contributed by atoms with van der Waals surface area (Å²) in [6.07, 6.45) is 3.67. The molecule has 0 unspecified atom stereocenters. The number of likely N-dealkylation sites (tertiary alicyclic amines) is 1. The van der Waals surface area contributed by atoms with Crippen LogP contribution in [0.1, 0.15) is 23.6 Å². The van der Waals surface area contributed by atoms with Gasteiger partial charge in [0, 0.05) is 24.5 Å². The molecule has 0 spiro atoms. The van der Waals surface area contributed by atoms with Crippen LogP contribution in [-0.4, -0.2) is 80.1 Å². The van der Waals surface area contributed by atoms with E-state index in [-0.39, 0.29) is 11.3 Å². The van der Waals surface area contributed by atoms with E-state index in [9.17, 15) is 14.7 Å². The fourth-order valence-electron chi connectivity index (χ4n) is 3.94. The van der Waals surface area contributed by atoms with Gasteiger partial charge in [-0.2, -0.15) is 0 Å². The molecule has 1 N–H and O–H groups in total. The molecule has 1 aromatic carbocycles. The molecule has 0 radical (unpaired) electrons. The number of nitrogens with zero attached hydrogens (tertiary/aromatic N) is 3. The second-order valence-corrected chi connectivity index (χ2v) is 7.84. The minimum absolute atomic E-state index is 0.00493. The van der Waals surface area contributed by atoms with Crippen LogP contribution in [0.25, 0.3) is 5.76 Å². The molecule has 1 aliphatic rings. The Kier molecular flexibility index (Phi) is 7.55. The van der Waals surface area contributed by atoms with Gasteiger partial charge in [0.05, 0.1) is 32.9 Å². The number of amides is 1. The Morgan fingerprint density at radius 3 is 2.18 bits per heavy atom.